The summed E-state index contributed by atoms with van der Waals surface area (Å²) in [6.07, 6.45) is 8.95. The third-order valence-corrected chi connectivity index (χ3v) is 7.72. The molecular weight excluding hydrogens is 340 g/mol. The number of rotatable bonds is 9. The summed E-state index contributed by atoms with van der Waals surface area (Å²) in [7, 11) is 0. The highest BCUT2D eigenvalue weighted by atomic mass is 16.3. The fourth-order valence-corrected chi connectivity index (χ4v) is 6.03. The van der Waals surface area contributed by atoms with Gasteiger partial charge in [0.1, 0.15) is 0 Å². The van der Waals surface area contributed by atoms with Crippen LogP contribution in [0.4, 0.5) is 0 Å². The quantitative estimate of drug-likeness (QED) is 0.484. The van der Waals surface area contributed by atoms with Crippen LogP contribution in [0.5, 0.6) is 0 Å². The summed E-state index contributed by atoms with van der Waals surface area (Å²) < 4.78 is 0. The van der Waals surface area contributed by atoms with Crippen molar-refractivity contribution in [2.75, 3.05) is 0 Å². The van der Waals surface area contributed by atoms with Gasteiger partial charge >= 0.3 is 0 Å². The highest BCUT2D eigenvalue weighted by Gasteiger charge is 2.52. The van der Waals surface area contributed by atoms with Crippen LogP contribution in [-0.4, -0.2) is 43.8 Å². The molecule has 0 aromatic rings. The maximum Gasteiger partial charge on any atom is 0.0849 e. The lowest BCUT2D eigenvalue weighted by Crippen LogP contribution is -2.42. The van der Waals surface area contributed by atoms with E-state index in [2.05, 4.69) is 6.92 Å². The summed E-state index contributed by atoms with van der Waals surface area (Å²) in [4.78, 5) is 0. The SMILES string of the molecule is CC(C)(O)CCC[C@@H](CC[C@@H](O)C(C)(C)O)[C@H]1CC[C@H]2[C@@H](O)CCC[C@]12C. The number of fused-ring (bicyclic) bond motifs is 1. The molecule has 2 aliphatic rings. The molecule has 2 saturated carbocycles. The van der Waals surface area contributed by atoms with Gasteiger partial charge in [-0.15, -0.1) is 0 Å². The van der Waals surface area contributed by atoms with Crippen LogP contribution >= 0.6 is 0 Å². The predicted octanol–water partition coefficient (Wildman–Crippen LogP) is 4.03. The molecule has 160 valence electrons. The molecule has 2 rings (SSSR count). The first kappa shape index (κ1) is 23.1. The topological polar surface area (TPSA) is 80.9 Å². The van der Waals surface area contributed by atoms with E-state index in [9.17, 15) is 20.4 Å². The zero-order chi connectivity index (χ0) is 20.5. The summed E-state index contributed by atoms with van der Waals surface area (Å²) in [6.45, 7) is 9.46. The third-order valence-electron chi connectivity index (χ3n) is 7.72. The molecule has 0 saturated heterocycles. The molecule has 0 amide bonds. The van der Waals surface area contributed by atoms with Gasteiger partial charge in [0, 0.05) is 0 Å². The van der Waals surface area contributed by atoms with E-state index in [0.717, 1.165) is 51.4 Å². The third kappa shape index (κ3) is 5.91. The first-order valence-corrected chi connectivity index (χ1v) is 11.2. The molecular formula is C23H44O4. The summed E-state index contributed by atoms with van der Waals surface area (Å²) >= 11 is 0. The van der Waals surface area contributed by atoms with Gasteiger partial charge in [-0.1, -0.05) is 26.2 Å². The van der Waals surface area contributed by atoms with Gasteiger partial charge in [0.05, 0.1) is 23.4 Å². The predicted molar refractivity (Wildman–Crippen MR) is 109 cm³/mol. The lowest BCUT2D eigenvalue weighted by Gasteiger charge is -2.46. The summed E-state index contributed by atoms with van der Waals surface area (Å²) in [5.74, 6) is 1.45. The molecule has 27 heavy (non-hydrogen) atoms. The highest BCUT2D eigenvalue weighted by molar-refractivity contribution is 5.02. The molecule has 0 radical (unpaired) electrons. The molecule has 0 aromatic heterocycles. The Labute approximate surface area is 166 Å². The molecule has 4 N–H and O–H groups in total. The van der Waals surface area contributed by atoms with Crippen molar-refractivity contribution >= 4 is 0 Å². The van der Waals surface area contributed by atoms with Gasteiger partial charge < -0.3 is 20.4 Å². The molecule has 4 nitrogen and oxygen atoms in total. The average molecular weight is 385 g/mol. The standard InChI is InChI=1S/C23H44O4/c1-21(2,26)14-6-8-16(10-13-20(25)22(3,4)27)17-11-12-18-19(24)9-7-15-23(17,18)5/h16-20,24-27H,6-15H2,1-5H3/t16-,17+,18-,19-,20+,23+/m0/s1. The second kappa shape index (κ2) is 8.69. The van der Waals surface area contributed by atoms with Crippen molar-refractivity contribution < 1.29 is 20.4 Å². The zero-order valence-corrected chi connectivity index (χ0v) is 18.2. The molecule has 0 spiro atoms. The Bertz CT molecular complexity index is 464. The smallest absolute Gasteiger partial charge is 0.0849 e. The van der Waals surface area contributed by atoms with Crippen LogP contribution in [0.25, 0.3) is 0 Å². The fourth-order valence-electron chi connectivity index (χ4n) is 6.03. The lowest BCUT2D eigenvalue weighted by atomic mass is 9.60. The Morgan fingerprint density at radius 2 is 1.67 bits per heavy atom. The maximum absolute atomic E-state index is 10.5. The molecule has 0 bridgehead atoms. The Kier molecular flexibility index (Phi) is 7.44. The van der Waals surface area contributed by atoms with Crippen molar-refractivity contribution in [3.63, 3.8) is 0 Å². The summed E-state index contributed by atoms with van der Waals surface area (Å²) in [5, 5.41) is 41.1. The van der Waals surface area contributed by atoms with Crippen LogP contribution in [0.1, 0.15) is 98.8 Å². The van der Waals surface area contributed by atoms with Gasteiger partial charge in [-0.05, 0) is 95.8 Å². The molecule has 4 heteroatoms. The summed E-state index contributed by atoms with van der Waals surface area (Å²) in [5.41, 5.74) is -1.52. The van der Waals surface area contributed by atoms with Crippen LogP contribution in [0, 0.1) is 23.2 Å². The Hall–Kier alpha value is -0.160. The van der Waals surface area contributed by atoms with Gasteiger partial charge in [0.15, 0.2) is 0 Å². The van der Waals surface area contributed by atoms with Crippen molar-refractivity contribution in [2.24, 2.45) is 23.2 Å². The Morgan fingerprint density at radius 3 is 2.26 bits per heavy atom. The van der Waals surface area contributed by atoms with Gasteiger partial charge in [-0.3, -0.25) is 0 Å². The second-order valence-corrected chi connectivity index (χ2v) is 11.0. The van der Waals surface area contributed by atoms with Crippen LogP contribution in [-0.2, 0) is 0 Å². The van der Waals surface area contributed by atoms with E-state index in [-0.39, 0.29) is 11.5 Å². The number of aliphatic hydroxyl groups excluding tert-OH is 2. The molecule has 2 aliphatic carbocycles. The van der Waals surface area contributed by atoms with Crippen LogP contribution in [0.3, 0.4) is 0 Å². The van der Waals surface area contributed by atoms with E-state index in [1.807, 2.05) is 13.8 Å². The van der Waals surface area contributed by atoms with Crippen LogP contribution < -0.4 is 0 Å². The van der Waals surface area contributed by atoms with Crippen molar-refractivity contribution in [2.45, 2.75) is 122 Å². The van der Waals surface area contributed by atoms with Gasteiger partial charge in [-0.2, -0.15) is 0 Å². The number of hydrogen-bond acceptors (Lipinski definition) is 4. The van der Waals surface area contributed by atoms with Crippen molar-refractivity contribution in [1.29, 1.82) is 0 Å². The Morgan fingerprint density at radius 1 is 1.00 bits per heavy atom. The summed E-state index contributed by atoms with van der Waals surface area (Å²) in [6, 6.07) is 0. The normalized spacial score (nSPS) is 34.3. The number of aliphatic hydroxyl groups is 4. The lowest BCUT2D eigenvalue weighted by molar-refractivity contribution is -0.0599. The maximum atomic E-state index is 10.5. The first-order valence-electron chi connectivity index (χ1n) is 11.2. The fraction of sp³-hybridized carbons (Fsp3) is 1.00. The van der Waals surface area contributed by atoms with Gasteiger partial charge in [0.2, 0.25) is 0 Å². The van der Waals surface area contributed by atoms with E-state index in [4.69, 9.17) is 0 Å². The largest absolute Gasteiger partial charge is 0.393 e. The highest BCUT2D eigenvalue weighted by Crippen LogP contribution is 2.59. The van der Waals surface area contributed by atoms with Crippen molar-refractivity contribution in [3.8, 4) is 0 Å². The second-order valence-electron chi connectivity index (χ2n) is 11.0. The van der Waals surface area contributed by atoms with E-state index in [1.54, 1.807) is 13.8 Å². The van der Waals surface area contributed by atoms with Gasteiger partial charge in [0.25, 0.3) is 0 Å². The van der Waals surface area contributed by atoms with Crippen LogP contribution in [0.15, 0.2) is 0 Å². The molecule has 0 aromatic carbocycles. The average Bonchev–Trinajstić information content (AvgIpc) is 2.86. The van der Waals surface area contributed by atoms with Crippen molar-refractivity contribution in [1.82, 2.24) is 0 Å². The Balaban J connectivity index is 2.08. The van der Waals surface area contributed by atoms with E-state index in [0.29, 0.717) is 24.2 Å². The van der Waals surface area contributed by atoms with Crippen molar-refractivity contribution in [3.05, 3.63) is 0 Å². The molecule has 2 fully saturated rings. The first-order chi connectivity index (χ1) is 12.3. The minimum Gasteiger partial charge on any atom is -0.393 e. The van der Waals surface area contributed by atoms with Gasteiger partial charge in [-0.25, -0.2) is 0 Å². The van der Waals surface area contributed by atoms with E-state index >= 15 is 0 Å². The number of hydrogen-bond donors (Lipinski definition) is 4. The zero-order valence-electron chi connectivity index (χ0n) is 18.2. The monoisotopic (exact) mass is 384 g/mol. The molecule has 0 unspecified atom stereocenters. The van der Waals surface area contributed by atoms with Crippen LogP contribution in [0.2, 0.25) is 0 Å². The van der Waals surface area contributed by atoms with E-state index in [1.165, 1.54) is 6.42 Å². The molecule has 0 heterocycles. The minimum atomic E-state index is -1.07. The van der Waals surface area contributed by atoms with E-state index < -0.39 is 17.3 Å². The molecule has 0 aliphatic heterocycles. The minimum absolute atomic E-state index is 0.159. The molecule has 6 atom stereocenters.